The molecule has 0 amide bonds. The van der Waals surface area contributed by atoms with Gasteiger partial charge in [-0.15, -0.1) is 0 Å². The van der Waals surface area contributed by atoms with Crippen LogP contribution in [0.1, 0.15) is 15.9 Å². The van der Waals surface area contributed by atoms with Crippen molar-refractivity contribution in [3.05, 3.63) is 77.9 Å². The van der Waals surface area contributed by atoms with Gasteiger partial charge in [-0.1, -0.05) is 66.7 Å². The van der Waals surface area contributed by atoms with Crippen LogP contribution in [-0.2, 0) is 4.57 Å². The first-order valence-electron chi connectivity index (χ1n) is 5.84. The van der Waals surface area contributed by atoms with E-state index in [1.54, 1.807) is 6.08 Å². The molecule has 0 saturated heterocycles. The molecule has 0 unspecified atom stereocenters. The van der Waals surface area contributed by atoms with Gasteiger partial charge in [-0.05, 0) is 11.6 Å². The van der Waals surface area contributed by atoms with Crippen molar-refractivity contribution in [2.75, 3.05) is 0 Å². The molecule has 0 aliphatic heterocycles. The van der Waals surface area contributed by atoms with E-state index in [0.717, 1.165) is 11.1 Å². The summed E-state index contributed by atoms with van der Waals surface area (Å²) in [5, 5.41) is 0. The van der Waals surface area contributed by atoms with Crippen molar-refractivity contribution < 1.29 is 19.1 Å². The monoisotopic (exact) mass is 290 g/mol. The first-order valence-corrected chi connectivity index (χ1v) is 7.14. The zero-order chi connectivity index (χ0) is 14.8. The third-order valence-electron chi connectivity index (χ3n) is 2.29. The van der Waals surface area contributed by atoms with Crippen LogP contribution in [0, 0.1) is 0 Å². The number of hydrogen-bond acceptors (Lipinski definition) is 2. The normalized spacial score (nSPS) is 10.2. The molecule has 0 atom stereocenters. The van der Waals surface area contributed by atoms with Crippen molar-refractivity contribution in [1.82, 2.24) is 0 Å². The fraction of sp³-hybridized carbons (Fsp3) is 0. The van der Waals surface area contributed by atoms with E-state index in [1.807, 2.05) is 66.7 Å². The average molecular weight is 290 g/mol. The largest absolute Gasteiger partial charge is 0.326 e. The van der Waals surface area contributed by atoms with Gasteiger partial charge in [0.2, 0.25) is 0 Å². The van der Waals surface area contributed by atoms with Crippen LogP contribution in [0.5, 0.6) is 0 Å². The summed E-state index contributed by atoms with van der Waals surface area (Å²) in [5.74, 6) is 0.0319. The van der Waals surface area contributed by atoms with Crippen LogP contribution in [0.25, 0.3) is 6.08 Å². The number of carbonyl (C=O) groups is 1. The molecule has 0 radical (unpaired) electrons. The molecule has 0 saturated carbocycles. The van der Waals surface area contributed by atoms with Gasteiger partial charge in [0.25, 0.3) is 0 Å². The summed E-state index contributed by atoms with van der Waals surface area (Å²) in [5.41, 5.74) is 1.75. The fourth-order valence-corrected chi connectivity index (χ4v) is 1.43. The van der Waals surface area contributed by atoms with E-state index in [4.69, 9.17) is 14.4 Å². The third-order valence-corrected chi connectivity index (χ3v) is 2.29. The van der Waals surface area contributed by atoms with E-state index in [2.05, 4.69) is 0 Å². The molecule has 2 aromatic carbocycles. The molecule has 0 aliphatic carbocycles. The number of rotatable bonds is 3. The molecule has 0 aromatic heterocycles. The average Bonchev–Trinajstić information content (AvgIpc) is 2.46. The van der Waals surface area contributed by atoms with E-state index >= 15 is 0 Å². The van der Waals surface area contributed by atoms with Crippen LogP contribution in [0.3, 0.4) is 0 Å². The molecule has 0 spiro atoms. The zero-order valence-corrected chi connectivity index (χ0v) is 11.6. The Morgan fingerprint density at radius 2 is 1.35 bits per heavy atom. The molecule has 2 rings (SSSR count). The van der Waals surface area contributed by atoms with E-state index in [-0.39, 0.29) is 5.78 Å². The molecule has 20 heavy (non-hydrogen) atoms. The van der Waals surface area contributed by atoms with Crippen LogP contribution in [0.4, 0.5) is 0 Å². The summed E-state index contributed by atoms with van der Waals surface area (Å²) in [7, 11) is -3.13. The third kappa shape index (κ3) is 6.81. The van der Waals surface area contributed by atoms with Crippen molar-refractivity contribution in [1.29, 1.82) is 0 Å². The predicted octanol–water partition coefficient (Wildman–Crippen LogP) is 2.94. The molecule has 4 nitrogen and oxygen atoms in total. The highest BCUT2D eigenvalue weighted by molar-refractivity contribution is 7.30. The standard InChI is InChI=1S/C15H12O.H3O3P/c16-15(14-9-5-2-6-10-14)12-11-13-7-3-1-4-8-13;1-4(2)3/h1-12H;4H,(H2,1,2,3)/b12-11+;. The minimum atomic E-state index is -3.13. The molecule has 0 heterocycles. The Balaban J connectivity index is 0.000000444. The summed E-state index contributed by atoms with van der Waals surface area (Å²) in [4.78, 5) is 26.0. The molecule has 2 aromatic rings. The second-order valence-corrected chi connectivity index (χ2v) is 4.32. The maximum Gasteiger partial charge on any atom is 0.314 e. The molecule has 104 valence electrons. The topological polar surface area (TPSA) is 74.6 Å². The lowest BCUT2D eigenvalue weighted by molar-refractivity contribution is 0.104. The summed E-state index contributed by atoms with van der Waals surface area (Å²) < 4.78 is 8.74. The van der Waals surface area contributed by atoms with Crippen molar-refractivity contribution in [2.24, 2.45) is 0 Å². The number of benzene rings is 2. The Hall–Kier alpha value is -2.00. The first kappa shape index (κ1) is 16.1. The maximum atomic E-state index is 11.7. The summed E-state index contributed by atoms with van der Waals surface area (Å²) >= 11 is 0. The van der Waals surface area contributed by atoms with Gasteiger partial charge in [0.15, 0.2) is 5.78 Å². The Kier molecular flexibility index (Phi) is 7.22. The molecule has 0 bridgehead atoms. The number of ketones is 1. The summed E-state index contributed by atoms with van der Waals surface area (Å²) in [6.07, 6.45) is 3.43. The van der Waals surface area contributed by atoms with Gasteiger partial charge >= 0.3 is 8.25 Å². The molecular weight excluding hydrogens is 275 g/mol. The quantitative estimate of drug-likeness (QED) is 0.518. The van der Waals surface area contributed by atoms with Gasteiger partial charge in [-0.2, -0.15) is 0 Å². The zero-order valence-electron chi connectivity index (χ0n) is 10.6. The van der Waals surface area contributed by atoms with E-state index in [0.29, 0.717) is 0 Å². The lowest BCUT2D eigenvalue weighted by atomic mass is 10.1. The van der Waals surface area contributed by atoms with Gasteiger partial charge in [-0.3, -0.25) is 9.36 Å². The molecule has 0 aliphatic rings. The Bertz CT molecular complexity index is 575. The van der Waals surface area contributed by atoms with Gasteiger partial charge in [0.05, 0.1) is 0 Å². The molecular formula is C15H15O4P. The second-order valence-electron chi connectivity index (χ2n) is 3.76. The Labute approximate surface area is 118 Å². The summed E-state index contributed by atoms with van der Waals surface area (Å²) in [6, 6.07) is 19.1. The van der Waals surface area contributed by atoms with Crippen LogP contribution < -0.4 is 0 Å². The highest BCUT2D eigenvalue weighted by Crippen LogP contribution is 2.05. The van der Waals surface area contributed by atoms with Crippen molar-refractivity contribution in [3.8, 4) is 0 Å². The predicted molar refractivity (Wildman–Crippen MR) is 79.7 cm³/mol. The second kappa shape index (κ2) is 8.99. The molecule has 0 fully saturated rings. The van der Waals surface area contributed by atoms with Gasteiger partial charge in [-0.25, -0.2) is 0 Å². The molecule has 2 N–H and O–H groups in total. The van der Waals surface area contributed by atoms with Crippen molar-refractivity contribution >= 4 is 20.1 Å². The van der Waals surface area contributed by atoms with Crippen molar-refractivity contribution in [3.63, 3.8) is 0 Å². The lowest BCUT2D eigenvalue weighted by Crippen LogP contribution is -1.92. The summed E-state index contributed by atoms with van der Waals surface area (Å²) in [6.45, 7) is 0. The Morgan fingerprint density at radius 3 is 1.85 bits per heavy atom. The minimum Gasteiger partial charge on any atom is -0.326 e. The van der Waals surface area contributed by atoms with Gasteiger partial charge in [0, 0.05) is 5.56 Å². The van der Waals surface area contributed by atoms with Crippen LogP contribution in [0.2, 0.25) is 0 Å². The SMILES string of the molecule is O=C(/C=C/c1ccccc1)c1ccccc1.O=[PH](O)O. The number of allylic oxidation sites excluding steroid dienone is 1. The number of carbonyl (C=O) groups excluding carboxylic acids is 1. The lowest BCUT2D eigenvalue weighted by Gasteiger charge is -1.94. The Morgan fingerprint density at radius 1 is 0.900 bits per heavy atom. The van der Waals surface area contributed by atoms with Gasteiger partial charge < -0.3 is 9.79 Å². The minimum absolute atomic E-state index is 0.0319. The van der Waals surface area contributed by atoms with E-state index in [1.165, 1.54) is 0 Å². The highest BCUT2D eigenvalue weighted by Gasteiger charge is 1.98. The maximum absolute atomic E-state index is 11.7. The molecule has 5 heteroatoms. The number of hydrogen-bond donors (Lipinski definition) is 2. The fourth-order valence-electron chi connectivity index (χ4n) is 1.43. The first-order chi connectivity index (χ1) is 9.59. The van der Waals surface area contributed by atoms with Crippen LogP contribution >= 0.6 is 8.25 Å². The van der Waals surface area contributed by atoms with E-state index in [9.17, 15) is 4.79 Å². The van der Waals surface area contributed by atoms with E-state index < -0.39 is 8.25 Å². The van der Waals surface area contributed by atoms with Crippen molar-refractivity contribution in [2.45, 2.75) is 0 Å². The van der Waals surface area contributed by atoms with Gasteiger partial charge in [0.1, 0.15) is 0 Å². The van der Waals surface area contributed by atoms with Crippen LogP contribution in [-0.4, -0.2) is 15.6 Å². The van der Waals surface area contributed by atoms with Crippen LogP contribution in [0.15, 0.2) is 66.7 Å². The smallest absolute Gasteiger partial charge is 0.314 e. The highest BCUT2D eigenvalue weighted by atomic mass is 31.1.